The van der Waals surface area contributed by atoms with Crippen molar-refractivity contribution in [3.8, 4) is 23.0 Å². The van der Waals surface area contributed by atoms with Crippen LogP contribution in [0.15, 0.2) is 48.0 Å². The number of carbonyl (C=O) groups excluding carboxylic acids is 2. The summed E-state index contributed by atoms with van der Waals surface area (Å²) in [5, 5.41) is 11.8. The van der Waals surface area contributed by atoms with Gasteiger partial charge >= 0.3 is 0 Å². The molecule has 3 aromatic rings. The molecule has 1 fully saturated rings. The zero-order valence-electron chi connectivity index (χ0n) is 22.9. The topological polar surface area (TPSA) is 94.5 Å². The van der Waals surface area contributed by atoms with Crippen LogP contribution in [0.5, 0.6) is 23.0 Å². The predicted molar refractivity (Wildman–Crippen MR) is 154 cm³/mol. The van der Waals surface area contributed by atoms with Crippen LogP contribution in [0.2, 0.25) is 10.0 Å². The highest BCUT2D eigenvalue weighted by molar-refractivity contribution is 6.52. The van der Waals surface area contributed by atoms with Crippen LogP contribution in [-0.4, -0.2) is 44.7 Å². The molecule has 0 aliphatic carbocycles. The zero-order valence-corrected chi connectivity index (χ0v) is 24.4. The summed E-state index contributed by atoms with van der Waals surface area (Å²) in [4.78, 5) is 28.8. The summed E-state index contributed by atoms with van der Waals surface area (Å²) in [6, 6.07) is 11.0. The van der Waals surface area contributed by atoms with Crippen LogP contribution in [-0.2, 0) is 9.59 Å². The minimum absolute atomic E-state index is 0.00226. The minimum atomic E-state index is -1.03. The average Bonchev–Trinajstić information content (AvgIpc) is 3.19. The number of aryl methyl sites for hydroxylation is 2. The summed E-state index contributed by atoms with van der Waals surface area (Å²) in [6.07, 6.45) is 0. The lowest BCUT2D eigenvalue weighted by Crippen LogP contribution is -2.30. The maximum absolute atomic E-state index is 13.7. The number of methoxy groups -OCH3 is 3. The highest BCUT2D eigenvalue weighted by Gasteiger charge is 2.48. The fourth-order valence-electron chi connectivity index (χ4n) is 4.80. The van der Waals surface area contributed by atoms with Crippen LogP contribution in [0, 0.1) is 13.8 Å². The SMILES string of the molecule is CCOc1cc(C2/C(=C(\O)c3cc(Cl)c(OC)c(Cl)c3OC)C(=O)C(=O)N2c2cc(C)ccc2C)ccc1OC. The van der Waals surface area contributed by atoms with Crippen molar-refractivity contribution in [1.82, 2.24) is 0 Å². The molecule has 1 atom stereocenters. The molecule has 0 spiro atoms. The van der Waals surface area contributed by atoms with Crippen molar-refractivity contribution >= 4 is 46.3 Å². The van der Waals surface area contributed by atoms with E-state index in [-0.39, 0.29) is 32.7 Å². The summed E-state index contributed by atoms with van der Waals surface area (Å²) < 4.78 is 22.0. The molecule has 210 valence electrons. The monoisotopic (exact) mass is 585 g/mol. The third-order valence-corrected chi connectivity index (χ3v) is 7.29. The number of hydrogen-bond donors (Lipinski definition) is 1. The number of aliphatic hydroxyl groups is 1. The lowest BCUT2D eigenvalue weighted by atomic mass is 9.94. The molecule has 1 aliphatic rings. The second-order valence-corrected chi connectivity index (χ2v) is 9.87. The van der Waals surface area contributed by atoms with Crippen molar-refractivity contribution in [3.63, 3.8) is 0 Å². The zero-order chi connectivity index (χ0) is 29.3. The van der Waals surface area contributed by atoms with Gasteiger partial charge < -0.3 is 24.1 Å². The minimum Gasteiger partial charge on any atom is -0.507 e. The van der Waals surface area contributed by atoms with E-state index in [1.165, 1.54) is 32.3 Å². The van der Waals surface area contributed by atoms with E-state index < -0.39 is 23.5 Å². The highest BCUT2D eigenvalue weighted by atomic mass is 35.5. The molecule has 4 rings (SSSR count). The van der Waals surface area contributed by atoms with Crippen molar-refractivity contribution in [2.45, 2.75) is 26.8 Å². The van der Waals surface area contributed by atoms with E-state index in [1.807, 2.05) is 39.0 Å². The molecule has 1 aliphatic heterocycles. The van der Waals surface area contributed by atoms with Gasteiger partial charge in [0.2, 0.25) is 0 Å². The molecule has 8 nitrogen and oxygen atoms in total. The van der Waals surface area contributed by atoms with E-state index >= 15 is 0 Å². The molecule has 1 saturated heterocycles. The normalized spacial score (nSPS) is 16.3. The van der Waals surface area contributed by atoms with E-state index in [4.69, 9.17) is 42.1 Å². The van der Waals surface area contributed by atoms with Gasteiger partial charge in [-0.25, -0.2) is 0 Å². The van der Waals surface area contributed by atoms with Crippen LogP contribution < -0.4 is 23.8 Å². The van der Waals surface area contributed by atoms with Gasteiger partial charge in [0.05, 0.1) is 50.1 Å². The van der Waals surface area contributed by atoms with Crippen LogP contribution in [0.3, 0.4) is 0 Å². The Balaban J connectivity index is 2.07. The van der Waals surface area contributed by atoms with Gasteiger partial charge in [0.15, 0.2) is 23.0 Å². The summed E-state index contributed by atoms with van der Waals surface area (Å²) >= 11 is 12.9. The van der Waals surface area contributed by atoms with Gasteiger partial charge in [-0.2, -0.15) is 0 Å². The quantitative estimate of drug-likeness (QED) is 0.179. The standard InChI is InChI=1S/C30H29Cl2NO7/c1-7-40-22-13-17(10-11-21(22)37-4)25-23(26(34)18-14-19(31)29(39-6)24(32)28(18)38-5)27(35)30(36)33(25)20-12-15(2)8-9-16(20)3/h8-14,25,34H,7H2,1-6H3/b26-23+. The number of benzene rings is 3. The van der Waals surface area contributed by atoms with E-state index in [0.717, 1.165) is 11.1 Å². The molecule has 1 amide bonds. The number of amides is 1. The van der Waals surface area contributed by atoms with Crippen molar-refractivity contribution in [2.24, 2.45) is 0 Å². The maximum Gasteiger partial charge on any atom is 0.300 e. The fourth-order valence-corrected chi connectivity index (χ4v) is 5.49. The van der Waals surface area contributed by atoms with E-state index in [1.54, 1.807) is 18.2 Å². The Hall–Kier alpha value is -3.88. The number of hydrogen-bond acceptors (Lipinski definition) is 7. The molecule has 0 aromatic heterocycles. The third kappa shape index (κ3) is 4.93. The maximum atomic E-state index is 13.7. The van der Waals surface area contributed by atoms with Crippen molar-refractivity contribution in [3.05, 3.63) is 80.3 Å². The number of carbonyl (C=O) groups is 2. The smallest absolute Gasteiger partial charge is 0.300 e. The molecule has 10 heteroatoms. The third-order valence-electron chi connectivity index (χ3n) is 6.67. The Labute approximate surface area is 242 Å². The fraction of sp³-hybridized carbons (Fsp3) is 0.267. The Bertz CT molecular complexity index is 1530. The number of nitrogens with zero attached hydrogens (tertiary/aromatic N) is 1. The van der Waals surface area contributed by atoms with Gasteiger partial charge in [-0.05, 0) is 61.7 Å². The number of rotatable bonds is 8. The van der Waals surface area contributed by atoms with E-state index in [0.29, 0.717) is 29.4 Å². The van der Waals surface area contributed by atoms with Crippen LogP contribution in [0.25, 0.3) is 5.76 Å². The number of ether oxygens (including phenoxy) is 4. The number of halogens is 2. The molecule has 1 unspecified atom stereocenters. The van der Waals surface area contributed by atoms with Crippen molar-refractivity contribution < 1.29 is 33.6 Å². The van der Waals surface area contributed by atoms with Crippen LogP contribution >= 0.6 is 23.2 Å². The molecule has 40 heavy (non-hydrogen) atoms. The van der Waals surface area contributed by atoms with Gasteiger partial charge in [-0.1, -0.05) is 41.4 Å². The molecular formula is C30H29Cl2NO7. The molecule has 1 N–H and O–H groups in total. The Morgan fingerprint density at radius 1 is 0.925 bits per heavy atom. The predicted octanol–water partition coefficient (Wildman–Crippen LogP) is 6.66. The summed E-state index contributed by atoms with van der Waals surface area (Å²) in [6.45, 7) is 5.92. The number of Topliss-reactive ketones (excluding diaryl/α,β-unsaturated/α-hetero) is 1. The van der Waals surface area contributed by atoms with Gasteiger partial charge in [0.1, 0.15) is 10.8 Å². The number of ketones is 1. The number of aliphatic hydroxyl groups excluding tert-OH is 1. The van der Waals surface area contributed by atoms with Crippen molar-refractivity contribution in [2.75, 3.05) is 32.8 Å². The molecule has 1 heterocycles. The molecule has 0 radical (unpaired) electrons. The van der Waals surface area contributed by atoms with Gasteiger partial charge in [-0.15, -0.1) is 0 Å². The molecular weight excluding hydrogens is 557 g/mol. The Kier molecular flexibility index (Phi) is 8.51. The summed E-state index contributed by atoms with van der Waals surface area (Å²) in [7, 11) is 4.26. The first kappa shape index (κ1) is 29.1. The lowest BCUT2D eigenvalue weighted by Gasteiger charge is -2.28. The van der Waals surface area contributed by atoms with E-state index in [9.17, 15) is 14.7 Å². The summed E-state index contributed by atoms with van der Waals surface area (Å²) in [5.74, 6) is -1.14. The van der Waals surface area contributed by atoms with Gasteiger partial charge in [-0.3, -0.25) is 14.5 Å². The Morgan fingerprint density at radius 2 is 1.62 bits per heavy atom. The lowest BCUT2D eigenvalue weighted by molar-refractivity contribution is -0.132. The molecule has 3 aromatic carbocycles. The molecule has 0 bridgehead atoms. The second kappa shape index (κ2) is 11.7. The first-order valence-electron chi connectivity index (χ1n) is 12.4. The van der Waals surface area contributed by atoms with Gasteiger partial charge in [0.25, 0.3) is 11.7 Å². The summed E-state index contributed by atoms with van der Waals surface area (Å²) in [5.41, 5.74) is 2.55. The van der Waals surface area contributed by atoms with Gasteiger partial charge in [0, 0.05) is 5.69 Å². The first-order valence-corrected chi connectivity index (χ1v) is 13.1. The van der Waals surface area contributed by atoms with Crippen LogP contribution in [0.1, 0.15) is 35.2 Å². The number of anilines is 1. The molecule has 0 saturated carbocycles. The van der Waals surface area contributed by atoms with Crippen molar-refractivity contribution in [1.29, 1.82) is 0 Å². The first-order chi connectivity index (χ1) is 19.1. The largest absolute Gasteiger partial charge is 0.507 e. The Morgan fingerprint density at radius 3 is 2.25 bits per heavy atom. The average molecular weight is 586 g/mol. The highest BCUT2D eigenvalue weighted by Crippen LogP contribution is 2.49. The van der Waals surface area contributed by atoms with E-state index in [2.05, 4.69) is 0 Å². The second-order valence-electron chi connectivity index (χ2n) is 9.09. The van der Waals surface area contributed by atoms with Crippen LogP contribution in [0.4, 0.5) is 5.69 Å².